The van der Waals surface area contributed by atoms with Gasteiger partial charge in [-0.1, -0.05) is 24.3 Å². The molecule has 0 aliphatic heterocycles. The normalized spacial score (nSPS) is 13.5. The van der Waals surface area contributed by atoms with Crippen molar-refractivity contribution in [2.45, 2.75) is 32.2 Å². The van der Waals surface area contributed by atoms with Gasteiger partial charge in [0.25, 0.3) is 0 Å². The Kier molecular flexibility index (Phi) is 5.21. The Morgan fingerprint density at radius 1 is 1.18 bits per heavy atom. The first-order chi connectivity index (χ1) is 13.6. The summed E-state index contributed by atoms with van der Waals surface area (Å²) >= 11 is 1.55. The molecule has 0 saturated carbocycles. The Morgan fingerprint density at radius 2 is 2.07 bits per heavy atom. The molecule has 1 amide bonds. The molecule has 0 bridgehead atoms. The number of benzene rings is 2. The van der Waals surface area contributed by atoms with Gasteiger partial charge in [0.15, 0.2) is 0 Å². The van der Waals surface area contributed by atoms with Gasteiger partial charge in [-0.15, -0.1) is 11.3 Å². The largest absolute Gasteiger partial charge is 0.478 e. The van der Waals surface area contributed by atoms with Gasteiger partial charge in [0.2, 0.25) is 5.91 Å². The van der Waals surface area contributed by atoms with E-state index in [1.807, 2.05) is 6.07 Å². The van der Waals surface area contributed by atoms with Crippen LogP contribution < -0.4 is 5.32 Å². The van der Waals surface area contributed by atoms with Crippen molar-refractivity contribution >= 4 is 39.0 Å². The molecule has 1 aliphatic carbocycles. The van der Waals surface area contributed by atoms with Crippen LogP contribution in [0.25, 0.3) is 15.8 Å². The zero-order chi connectivity index (χ0) is 19.5. The monoisotopic (exact) mass is 392 g/mol. The van der Waals surface area contributed by atoms with Gasteiger partial charge in [0, 0.05) is 6.54 Å². The Bertz CT molecular complexity index is 1080. The van der Waals surface area contributed by atoms with Crippen molar-refractivity contribution in [1.82, 2.24) is 10.3 Å². The van der Waals surface area contributed by atoms with Gasteiger partial charge in [-0.2, -0.15) is 0 Å². The van der Waals surface area contributed by atoms with E-state index in [0.717, 1.165) is 33.6 Å². The summed E-state index contributed by atoms with van der Waals surface area (Å²) in [6.45, 7) is 0.295. The van der Waals surface area contributed by atoms with Crippen LogP contribution in [0, 0.1) is 0 Å². The fraction of sp³-hybridized carbons (Fsp3) is 0.227. The van der Waals surface area contributed by atoms with Crippen molar-refractivity contribution in [3.05, 3.63) is 70.2 Å². The van der Waals surface area contributed by atoms with E-state index in [4.69, 9.17) is 5.11 Å². The van der Waals surface area contributed by atoms with E-state index in [-0.39, 0.29) is 17.9 Å². The number of carboxylic acids is 1. The van der Waals surface area contributed by atoms with Gasteiger partial charge in [-0.3, -0.25) is 4.79 Å². The van der Waals surface area contributed by atoms with E-state index in [1.54, 1.807) is 29.5 Å². The number of hydrogen-bond acceptors (Lipinski definition) is 4. The summed E-state index contributed by atoms with van der Waals surface area (Å²) in [6, 6.07) is 12.9. The predicted molar refractivity (Wildman–Crippen MR) is 110 cm³/mol. The lowest BCUT2D eigenvalue weighted by atomic mass is 10.1. The number of amides is 1. The van der Waals surface area contributed by atoms with Crippen LogP contribution in [0.4, 0.5) is 0 Å². The van der Waals surface area contributed by atoms with E-state index in [2.05, 4.69) is 28.5 Å². The molecule has 28 heavy (non-hydrogen) atoms. The summed E-state index contributed by atoms with van der Waals surface area (Å²) in [5.74, 6) is -1.10. The van der Waals surface area contributed by atoms with Gasteiger partial charge >= 0.3 is 5.97 Å². The molecular weight excluding hydrogens is 372 g/mol. The molecule has 142 valence electrons. The zero-order valence-electron chi connectivity index (χ0n) is 15.3. The summed E-state index contributed by atoms with van der Waals surface area (Å²) < 4.78 is 1.10. The predicted octanol–water partition coefficient (Wildman–Crippen LogP) is 4.42. The second kappa shape index (κ2) is 7.94. The topological polar surface area (TPSA) is 79.3 Å². The van der Waals surface area contributed by atoms with Gasteiger partial charge in [0.1, 0.15) is 5.01 Å². The minimum Gasteiger partial charge on any atom is -0.478 e. The number of carbonyl (C=O) groups excluding carboxylic acids is 1. The first-order valence-electron chi connectivity index (χ1n) is 9.26. The minimum absolute atomic E-state index is 0.126. The molecule has 0 radical (unpaired) electrons. The number of nitrogens with zero attached hydrogens (tertiary/aromatic N) is 1. The number of allylic oxidation sites excluding steroid dienone is 2. The fourth-order valence-electron chi connectivity index (χ4n) is 3.40. The number of fused-ring (bicyclic) bond motifs is 1. The Hall–Kier alpha value is -2.99. The van der Waals surface area contributed by atoms with Crippen LogP contribution in [0.1, 0.15) is 45.8 Å². The van der Waals surface area contributed by atoms with Gasteiger partial charge in [0.05, 0.1) is 22.2 Å². The van der Waals surface area contributed by atoms with Gasteiger partial charge in [-0.05, 0) is 60.2 Å². The second-order valence-corrected chi connectivity index (χ2v) is 7.99. The maximum atomic E-state index is 12.3. The molecule has 0 fully saturated rings. The average molecular weight is 392 g/mol. The first-order valence-corrected chi connectivity index (χ1v) is 10.1. The van der Waals surface area contributed by atoms with E-state index in [9.17, 15) is 9.59 Å². The number of carboxylic acid groups (broad SMARTS) is 1. The van der Waals surface area contributed by atoms with Gasteiger partial charge < -0.3 is 10.4 Å². The first kappa shape index (κ1) is 18.4. The summed E-state index contributed by atoms with van der Waals surface area (Å²) in [5, 5.41) is 12.7. The van der Waals surface area contributed by atoms with Crippen molar-refractivity contribution in [1.29, 1.82) is 0 Å². The molecule has 4 rings (SSSR count). The summed E-state index contributed by atoms with van der Waals surface area (Å²) in [4.78, 5) is 27.9. The third-order valence-electron chi connectivity index (χ3n) is 4.82. The van der Waals surface area contributed by atoms with Crippen molar-refractivity contribution in [3.8, 4) is 0 Å². The number of aromatic nitrogens is 1. The highest BCUT2D eigenvalue weighted by Gasteiger charge is 2.12. The summed E-state index contributed by atoms with van der Waals surface area (Å²) in [7, 11) is 0. The molecule has 0 spiro atoms. The highest BCUT2D eigenvalue weighted by Crippen LogP contribution is 2.31. The number of carbonyl (C=O) groups is 2. The van der Waals surface area contributed by atoms with Crippen molar-refractivity contribution in [2.75, 3.05) is 0 Å². The van der Waals surface area contributed by atoms with Crippen LogP contribution in [0.15, 0.2) is 48.5 Å². The van der Waals surface area contributed by atoms with E-state index < -0.39 is 5.97 Å². The third-order valence-corrected chi connectivity index (χ3v) is 5.84. The Labute approximate surface area is 166 Å². The van der Waals surface area contributed by atoms with Crippen molar-refractivity contribution in [2.24, 2.45) is 0 Å². The molecule has 2 N–H and O–H groups in total. The molecule has 1 aliphatic rings. The Morgan fingerprint density at radius 3 is 2.86 bits per heavy atom. The molecule has 0 saturated heterocycles. The standard InChI is InChI=1S/C22H20N2O3S/c25-20(23-13-14-4-3-7-17(10-14)22(26)27)12-21-24-18-9-8-16(11-19(18)28-21)15-5-1-2-6-15/h3-5,7-11H,1-2,6,12-13H2,(H,23,25)(H,26,27). The van der Waals surface area contributed by atoms with E-state index in [1.165, 1.54) is 23.6 Å². The van der Waals surface area contributed by atoms with Crippen LogP contribution in [-0.2, 0) is 17.8 Å². The second-order valence-electron chi connectivity index (χ2n) is 6.87. The quantitative estimate of drug-likeness (QED) is 0.651. The average Bonchev–Trinajstić information content (AvgIpc) is 3.35. The number of aromatic carboxylic acids is 1. The highest BCUT2D eigenvalue weighted by atomic mass is 32.1. The molecule has 0 unspecified atom stereocenters. The molecule has 5 nitrogen and oxygen atoms in total. The highest BCUT2D eigenvalue weighted by molar-refractivity contribution is 7.18. The van der Waals surface area contributed by atoms with Crippen molar-refractivity contribution in [3.63, 3.8) is 0 Å². The smallest absolute Gasteiger partial charge is 0.335 e. The van der Waals surface area contributed by atoms with Crippen LogP contribution in [0.5, 0.6) is 0 Å². The fourth-order valence-corrected chi connectivity index (χ4v) is 4.40. The summed E-state index contributed by atoms with van der Waals surface area (Å²) in [6.07, 6.45) is 6.02. The SMILES string of the molecule is O=C(Cc1nc2ccc(C3=CCCC3)cc2s1)NCc1cccc(C(=O)O)c1. The molecule has 2 aromatic carbocycles. The maximum absolute atomic E-state index is 12.3. The number of rotatable bonds is 6. The lowest BCUT2D eigenvalue weighted by Crippen LogP contribution is -2.24. The van der Waals surface area contributed by atoms with Crippen LogP contribution in [-0.4, -0.2) is 22.0 Å². The molecule has 3 aromatic rings. The molecular formula is C22H20N2O3S. The zero-order valence-corrected chi connectivity index (χ0v) is 16.1. The van der Waals surface area contributed by atoms with E-state index >= 15 is 0 Å². The molecule has 6 heteroatoms. The van der Waals surface area contributed by atoms with Crippen LogP contribution >= 0.6 is 11.3 Å². The number of nitrogens with one attached hydrogen (secondary N) is 1. The van der Waals surface area contributed by atoms with Crippen molar-refractivity contribution < 1.29 is 14.7 Å². The molecule has 1 heterocycles. The molecule has 1 aromatic heterocycles. The number of hydrogen-bond donors (Lipinski definition) is 2. The lowest BCUT2D eigenvalue weighted by Gasteiger charge is -2.05. The molecule has 0 atom stereocenters. The van der Waals surface area contributed by atoms with E-state index in [0.29, 0.717) is 6.54 Å². The Balaban J connectivity index is 1.40. The number of thiazole rings is 1. The van der Waals surface area contributed by atoms with Gasteiger partial charge in [-0.25, -0.2) is 9.78 Å². The lowest BCUT2D eigenvalue weighted by molar-refractivity contribution is -0.120. The van der Waals surface area contributed by atoms with Crippen LogP contribution in [0.3, 0.4) is 0 Å². The third kappa shape index (κ3) is 4.12. The van der Waals surface area contributed by atoms with Crippen LogP contribution in [0.2, 0.25) is 0 Å². The maximum Gasteiger partial charge on any atom is 0.335 e. The summed E-state index contributed by atoms with van der Waals surface area (Å²) in [5.41, 5.74) is 4.54. The minimum atomic E-state index is -0.976.